The highest BCUT2D eigenvalue weighted by Gasteiger charge is 2.34. The van der Waals surface area contributed by atoms with Gasteiger partial charge in [-0.2, -0.15) is 0 Å². The summed E-state index contributed by atoms with van der Waals surface area (Å²) >= 11 is 0. The van der Waals surface area contributed by atoms with Gasteiger partial charge in [0.2, 0.25) is 15.9 Å². The lowest BCUT2D eigenvalue weighted by Gasteiger charge is -2.30. The fraction of sp³-hybridized carbons (Fsp3) is 0.250. The third-order valence-corrected chi connectivity index (χ3v) is 9.09. The Labute approximate surface area is 240 Å². The maximum absolute atomic E-state index is 12.7. The second kappa shape index (κ2) is 10.7. The van der Waals surface area contributed by atoms with Crippen molar-refractivity contribution in [1.29, 1.82) is 0 Å². The molecule has 0 saturated carbocycles. The molecule has 0 unspecified atom stereocenters. The Morgan fingerprint density at radius 3 is 2.56 bits per heavy atom. The highest BCUT2D eigenvalue weighted by molar-refractivity contribution is 7.89. The van der Waals surface area contributed by atoms with Crippen molar-refractivity contribution in [3.05, 3.63) is 95.7 Å². The minimum Gasteiger partial charge on any atom is -0.355 e. The average Bonchev–Trinajstić information content (AvgIpc) is 3.13. The Hall–Kier alpha value is -4.05. The van der Waals surface area contributed by atoms with E-state index in [0.29, 0.717) is 12.1 Å². The Morgan fingerprint density at radius 2 is 1.80 bits per heavy atom. The summed E-state index contributed by atoms with van der Waals surface area (Å²) in [5.74, 6) is -0.332. The van der Waals surface area contributed by atoms with E-state index < -0.39 is 10.0 Å². The van der Waals surface area contributed by atoms with Crippen LogP contribution in [0.3, 0.4) is 0 Å². The lowest BCUT2D eigenvalue weighted by atomic mass is 9.94. The summed E-state index contributed by atoms with van der Waals surface area (Å²) in [6, 6.07) is 23.5. The van der Waals surface area contributed by atoms with Crippen LogP contribution in [-0.2, 0) is 21.2 Å². The minimum absolute atomic E-state index is 0.0895. The van der Waals surface area contributed by atoms with E-state index in [1.807, 2.05) is 31.2 Å². The molecule has 0 aliphatic carbocycles. The molecule has 2 aliphatic rings. The Balaban J connectivity index is 1.19. The number of hydrogen-bond acceptors (Lipinski definition) is 6. The topological polar surface area (TPSA) is 117 Å². The Bertz CT molecular complexity index is 1780. The Morgan fingerprint density at radius 1 is 1.02 bits per heavy atom. The highest BCUT2D eigenvalue weighted by atomic mass is 32.2. The van der Waals surface area contributed by atoms with Crippen LogP contribution in [0.15, 0.2) is 83.8 Å². The van der Waals surface area contributed by atoms with E-state index in [1.165, 1.54) is 36.1 Å². The number of nitrogens with two attached hydrogens (primary N) is 1. The highest BCUT2D eigenvalue weighted by Crippen LogP contribution is 2.39. The molecule has 0 spiro atoms. The van der Waals surface area contributed by atoms with Gasteiger partial charge in [-0.25, -0.2) is 13.6 Å². The summed E-state index contributed by atoms with van der Waals surface area (Å²) in [6.07, 6.45) is 6.08. The maximum atomic E-state index is 12.7. The number of rotatable bonds is 7. The molecule has 210 valence electrons. The molecule has 3 heterocycles. The molecular formula is C32H33N5O3S. The number of nitrogens with zero attached hydrogens (tertiary/aromatic N) is 2. The lowest BCUT2D eigenvalue weighted by Crippen LogP contribution is -2.34. The molecule has 4 aromatic rings. The van der Waals surface area contributed by atoms with Gasteiger partial charge in [0.1, 0.15) is 4.90 Å². The summed E-state index contributed by atoms with van der Waals surface area (Å²) < 4.78 is 23.7. The number of fused-ring (bicyclic) bond motifs is 3. The predicted octanol–water partition coefficient (Wildman–Crippen LogP) is 5.37. The number of carbonyl (C=O) groups excluding carboxylic acids is 1. The number of carbonyl (C=O) groups is 1. The zero-order chi connectivity index (χ0) is 28.7. The van der Waals surface area contributed by atoms with Crippen molar-refractivity contribution < 1.29 is 13.2 Å². The summed E-state index contributed by atoms with van der Waals surface area (Å²) in [5, 5.41) is 12.6. The molecule has 2 bridgehead atoms. The number of benzene rings is 3. The van der Waals surface area contributed by atoms with Gasteiger partial charge >= 0.3 is 0 Å². The van der Waals surface area contributed by atoms with E-state index in [9.17, 15) is 13.2 Å². The molecule has 1 amide bonds. The van der Waals surface area contributed by atoms with Crippen LogP contribution in [0.1, 0.15) is 36.1 Å². The number of primary sulfonamides is 1. The first-order chi connectivity index (χ1) is 19.6. The van der Waals surface area contributed by atoms with E-state index in [0.717, 1.165) is 40.0 Å². The summed E-state index contributed by atoms with van der Waals surface area (Å²) in [6.45, 7) is 1.99. The third-order valence-electron chi connectivity index (χ3n) is 8.12. The largest absolute Gasteiger partial charge is 0.355 e. The summed E-state index contributed by atoms with van der Waals surface area (Å²) in [7, 11) is -1.72. The van der Waals surface area contributed by atoms with Crippen LogP contribution in [0.4, 0.5) is 17.1 Å². The molecule has 0 radical (unpaired) electrons. The van der Waals surface area contributed by atoms with Crippen molar-refractivity contribution in [2.45, 2.75) is 49.6 Å². The second-order valence-corrected chi connectivity index (χ2v) is 12.5. The van der Waals surface area contributed by atoms with Crippen LogP contribution in [0.25, 0.3) is 16.5 Å². The van der Waals surface area contributed by atoms with Gasteiger partial charge < -0.3 is 10.6 Å². The van der Waals surface area contributed by atoms with Crippen molar-refractivity contribution in [3.63, 3.8) is 0 Å². The second-order valence-electron chi connectivity index (χ2n) is 11.0. The number of likely N-dealkylation sites (N-methyl/N-ethyl adjacent to an activating group) is 1. The molecule has 8 nitrogen and oxygen atoms in total. The third kappa shape index (κ3) is 5.74. The van der Waals surface area contributed by atoms with Crippen LogP contribution in [0.5, 0.6) is 0 Å². The molecule has 4 N–H and O–H groups in total. The van der Waals surface area contributed by atoms with Gasteiger partial charge in [-0.05, 0) is 92.4 Å². The minimum atomic E-state index is -3.95. The van der Waals surface area contributed by atoms with Crippen molar-refractivity contribution >= 4 is 49.5 Å². The first-order valence-electron chi connectivity index (χ1n) is 13.8. The maximum Gasteiger partial charge on any atom is 0.240 e. The molecule has 41 heavy (non-hydrogen) atoms. The summed E-state index contributed by atoms with van der Waals surface area (Å²) in [4.78, 5) is 19.8. The van der Waals surface area contributed by atoms with Crippen LogP contribution in [0, 0.1) is 6.92 Å². The standard InChI is InChI=1S/C32H33N5O3S/c1-20-15-30(27-19-22(9-14-28(27)34-20)23-17-25-12-13-26(18-23)37(25)2)35-24-10-7-21(8-11-24)16-32(38)36-29-5-3-4-6-31(29)41(33,39)40/h3-11,14-15,17,19,25-26H,12-13,16,18H2,1-2H3,(H,34,35)(H,36,38)(H2,33,39,40)/t25-,26+/m0/s1. The van der Waals surface area contributed by atoms with Crippen LogP contribution >= 0.6 is 0 Å². The Kier molecular flexibility index (Phi) is 7.11. The van der Waals surface area contributed by atoms with E-state index in [1.54, 1.807) is 12.1 Å². The van der Waals surface area contributed by atoms with Gasteiger partial charge in [-0.1, -0.05) is 36.4 Å². The predicted molar refractivity (Wildman–Crippen MR) is 164 cm³/mol. The van der Waals surface area contributed by atoms with E-state index in [-0.39, 0.29) is 22.9 Å². The number of amides is 1. The molecule has 2 aliphatic heterocycles. The van der Waals surface area contributed by atoms with Gasteiger partial charge in [-0.15, -0.1) is 0 Å². The number of para-hydroxylation sites is 1. The van der Waals surface area contributed by atoms with Gasteiger partial charge in [0.05, 0.1) is 17.6 Å². The van der Waals surface area contributed by atoms with Crippen LogP contribution in [-0.4, -0.2) is 43.3 Å². The number of hydrogen-bond donors (Lipinski definition) is 3. The van der Waals surface area contributed by atoms with Gasteiger partial charge in [0.25, 0.3) is 0 Å². The van der Waals surface area contributed by atoms with Crippen molar-refractivity contribution in [2.24, 2.45) is 5.14 Å². The quantitative estimate of drug-likeness (QED) is 0.277. The normalized spacial score (nSPS) is 18.8. The van der Waals surface area contributed by atoms with E-state index in [4.69, 9.17) is 10.1 Å². The molecule has 9 heteroatoms. The number of anilines is 3. The molecule has 1 fully saturated rings. The lowest BCUT2D eigenvalue weighted by molar-refractivity contribution is -0.115. The van der Waals surface area contributed by atoms with E-state index >= 15 is 0 Å². The van der Waals surface area contributed by atoms with Gasteiger partial charge in [0.15, 0.2) is 0 Å². The smallest absolute Gasteiger partial charge is 0.240 e. The molecule has 1 aromatic heterocycles. The first-order valence-corrected chi connectivity index (χ1v) is 15.3. The zero-order valence-electron chi connectivity index (χ0n) is 23.1. The monoisotopic (exact) mass is 567 g/mol. The van der Waals surface area contributed by atoms with Crippen LogP contribution in [0.2, 0.25) is 0 Å². The number of sulfonamides is 1. The van der Waals surface area contributed by atoms with Crippen LogP contribution < -0.4 is 15.8 Å². The van der Waals surface area contributed by atoms with Crippen molar-refractivity contribution in [1.82, 2.24) is 9.88 Å². The number of nitrogens with one attached hydrogen (secondary N) is 2. The number of aromatic nitrogens is 1. The molecule has 3 aromatic carbocycles. The van der Waals surface area contributed by atoms with Gasteiger partial charge in [-0.3, -0.25) is 14.7 Å². The first kappa shape index (κ1) is 27.1. The van der Waals surface area contributed by atoms with E-state index in [2.05, 4.69) is 52.9 Å². The van der Waals surface area contributed by atoms with Crippen molar-refractivity contribution in [3.8, 4) is 0 Å². The molecule has 2 atom stereocenters. The van der Waals surface area contributed by atoms with Crippen molar-refractivity contribution in [2.75, 3.05) is 17.7 Å². The fourth-order valence-electron chi connectivity index (χ4n) is 5.98. The SMILES string of the molecule is Cc1cc(Nc2ccc(CC(=O)Nc3ccccc3S(N)(=O)=O)cc2)c2cc(C3=C[C@@H]4CC[C@H](C3)N4C)ccc2n1. The summed E-state index contributed by atoms with van der Waals surface area (Å²) in [5.41, 5.74) is 7.38. The number of pyridine rings is 1. The molecule has 1 saturated heterocycles. The average molecular weight is 568 g/mol. The molecular weight excluding hydrogens is 534 g/mol. The molecule has 6 rings (SSSR count). The fourth-order valence-corrected chi connectivity index (χ4v) is 6.67. The zero-order valence-corrected chi connectivity index (χ0v) is 23.9. The number of aryl methyl sites for hydroxylation is 1. The van der Waals surface area contributed by atoms with Gasteiger partial charge in [0, 0.05) is 34.5 Å².